The van der Waals surface area contributed by atoms with Crippen LogP contribution in [0.15, 0.2) is 22.9 Å². The maximum atomic E-state index is 5.79. The predicted octanol–water partition coefficient (Wildman–Crippen LogP) is 3.62. The second-order valence-corrected chi connectivity index (χ2v) is 6.58. The summed E-state index contributed by atoms with van der Waals surface area (Å²) in [6.45, 7) is 4.95. The van der Waals surface area contributed by atoms with E-state index in [2.05, 4.69) is 34.8 Å². The molecular weight excluding hydrogens is 310 g/mol. The minimum absolute atomic E-state index is 0.557. The molecule has 0 radical (unpaired) electrons. The zero-order valence-electron chi connectivity index (χ0n) is 10.5. The van der Waals surface area contributed by atoms with Gasteiger partial charge >= 0.3 is 0 Å². The molecule has 0 aromatic carbocycles. The first kappa shape index (κ1) is 13.6. The third kappa shape index (κ3) is 3.16. The van der Waals surface area contributed by atoms with E-state index in [4.69, 9.17) is 10.7 Å². The summed E-state index contributed by atoms with van der Waals surface area (Å²) in [4.78, 5) is 10.1. The Bertz CT molecular complexity index is 537. The van der Waals surface area contributed by atoms with Gasteiger partial charge in [-0.1, -0.05) is 13.8 Å². The second-order valence-electron chi connectivity index (χ2n) is 4.58. The van der Waals surface area contributed by atoms with Crippen LogP contribution in [0.25, 0.3) is 10.6 Å². The van der Waals surface area contributed by atoms with Crippen LogP contribution in [0.3, 0.4) is 0 Å². The third-order valence-corrected chi connectivity index (χ3v) is 4.12. The Morgan fingerprint density at radius 2 is 2.17 bits per heavy atom. The molecule has 0 saturated carbocycles. The Hall–Kier alpha value is -0.780. The fourth-order valence-electron chi connectivity index (χ4n) is 1.74. The number of nitrogens with zero attached hydrogens (tertiary/aromatic N) is 2. The molecule has 5 heteroatoms. The molecule has 0 aliphatic heterocycles. The molecule has 2 heterocycles. The lowest BCUT2D eigenvalue weighted by Gasteiger charge is -2.02. The van der Waals surface area contributed by atoms with Crippen LogP contribution in [0.2, 0.25) is 0 Å². The Morgan fingerprint density at radius 1 is 1.39 bits per heavy atom. The standard InChI is InChI=1S/C13H16BrN3S/c1-8(2)3-11-12(5-15)18-13(17-11)9-4-10(14)7-16-6-9/h4,6-8H,3,5,15H2,1-2H3. The van der Waals surface area contributed by atoms with E-state index < -0.39 is 0 Å². The van der Waals surface area contributed by atoms with Crippen LogP contribution in [0, 0.1) is 5.92 Å². The molecule has 0 amide bonds. The molecule has 0 aliphatic carbocycles. The van der Waals surface area contributed by atoms with Gasteiger partial charge in [-0.25, -0.2) is 4.98 Å². The highest BCUT2D eigenvalue weighted by Gasteiger charge is 2.13. The number of hydrogen-bond donors (Lipinski definition) is 1. The van der Waals surface area contributed by atoms with Crippen LogP contribution in [-0.2, 0) is 13.0 Å². The van der Waals surface area contributed by atoms with Crippen molar-refractivity contribution in [3.8, 4) is 10.6 Å². The smallest absolute Gasteiger partial charge is 0.125 e. The molecule has 18 heavy (non-hydrogen) atoms. The molecule has 0 aliphatic rings. The first-order valence-corrected chi connectivity index (χ1v) is 7.50. The lowest BCUT2D eigenvalue weighted by Crippen LogP contribution is -2.01. The number of aromatic nitrogens is 2. The minimum atomic E-state index is 0.557. The summed E-state index contributed by atoms with van der Waals surface area (Å²) < 4.78 is 0.968. The molecule has 0 spiro atoms. The van der Waals surface area contributed by atoms with Crippen molar-refractivity contribution in [3.05, 3.63) is 33.5 Å². The van der Waals surface area contributed by atoms with Crippen LogP contribution in [0.4, 0.5) is 0 Å². The number of nitrogens with two attached hydrogens (primary N) is 1. The molecule has 96 valence electrons. The van der Waals surface area contributed by atoms with Crippen molar-refractivity contribution in [1.82, 2.24) is 9.97 Å². The van der Waals surface area contributed by atoms with E-state index in [0.29, 0.717) is 12.5 Å². The largest absolute Gasteiger partial charge is 0.326 e. The van der Waals surface area contributed by atoms with Crippen molar-refractivity contribution in [2.45, 2.75) is 26.8 Å². The summed E-state index contributed by atoms with van der Waals surface area (Å²) in [5.41, 5.74) is 7.97. The molecule has 2 aromatic rings. The summed E-state index contributed by atoms with van der Waals surface area (Å²) in [5, 5.41) is 1.000. The highest BCUT2D eigenvalue weighted by Crippen LogP contribution is 2.30. The molecule has 0 atom stereocenters. The van der Waals surface area contributed by atoms with Crippen LogP contribution in [0.1, 0.15) is 24.4 Å². The molecule has 2 rings (SSSR count). The van der Waals surface area contributed by atoms with Gasteiger partial charge in [-0.2, -0.15) is 0 Å². The van der Waals surface area contributed by atoms with Crippen molar-refractivity contribution in [1.29, 1.82) is 0 Å². The van der Waals surface area contributed by atoms with E-state index in [1.165, 1.54) is 4.88 Å². The first-order valence-electron chi connectivity index (χ1n) is 5.89. The molecular formula is C13H16BrN3S. The van der Waals surface area contributed by atoms with E-state index in [1.807, 2.05) is 12.3 Å². The average Bonchev–Trinajstić information content (AvgIpc) is 2.71. The summed E-state index contributed by atoms with van der Waals surface area (Å²) in [6.07, 6.45) is 4.59. The van der Waals surface area contributed by atoms with E-state index in [-0.39, 0.29) is 0 Å². The topological polar surface area (TPSA) is 51.8 Å². The Kier molecular flexibility index (Phi) is 4.48. The quantitative estimate of drug-likeness (QED) is 0.933. The van der Waals surface area contributed by atoms with Gasteiger partial charge in [-0.3, -0.25) is 4.98 Å². The van der Waals surface area contributed by atoms with Gasteiger partial charge in [0.2, 0.25) is 0 Å². The van der Waals surface area contributed by atoms with E-state index in [1.54, 1.807) is 17.5 Å². The number of halogens is 1. The summed E-state index contributed by atoms with van der Waals surface area (Å²) in [7, 11) is 0. The van der Waals surface area contributed by atoms with Crippen LogP contribution in [-0.4, -0.2) is 9.97 Å². The van der Waals surface area contributed by atoms with E-state index in [9.17, 15) is 0 Å². The Morgan fingerprint density at radius 3 is 2.78 bits per heavy atom. The molecule has 3 nitrogen and oxygen atoms in total. The van der Waals surface area contributed by atoms with Gasteiger partial charge in [0.05, 0.1) is 5.69 Å². The highest BCUT2D eigenvalue weighted by atomic mass is 79.9. The van der Waals surface area contributed by atoms with Crippen LogP contribution in [0.5, 0.6) is 0 Å². The third-order valence-electron chi connectivity index (χ3n) is 2.52. The van der Waals surface area contributed by atoms with Crippen LogP contribution < -0.4 is 5.73 Å². The van der Waals surface area contributed by atoms with Crippen molar-refractivity contribution < 1.29 is 0 Å². The molecule has 0 fully saturated rings. The number of hydrogen-bond acceptors (Lipinski definition) is 4. The zero-order valence-corrected chi connectivity index (χ0v) is 12.9. The Labute approximate surface area is 120 Å². The summed E-state index contributed by atoms with van der Waals surface area (Å²) in [5.74, 6) is 0.589. The number of pyridine rings is 1. The van der Waals surface area contributed by atoms with Gasteiger partial charge < -0.3 is 5.73 Å². The average molecular weight is 326 g/mol. The SMILES string of the molecule is CC(C)Cc1nc(-c2cncc(Br)c2)sc1CN. The number of rotatable bonds is 4. The predicted molar refractivity (Wildman–Crippen MR) is 79.5 cm³/mol. The zero-order chi connectivity index (χ0) is 13.1. The maximum Gasteiger partial charge on any atom is 0.125 e. The van der Waals surface area contributed by atoms with Gasteiger partial charge in [0.1, 0.15) is 5.01 Å². The molecule has 0 unspecified atom stereocenters. The molecule has 2 aromatic heterocycles. The Balaban J connectivity index is 2.37. The van der Waals surface area contributed by atoms with E-state index in [0.717, 1.165) is 27.2 Å². The lowest BCUT2D eigenvalue weighted by molar-refractivity contribution is 0.634. The fourth-order valence-corrected chi connectivity index (χ4v) is 3.05. The van der Waals surface area contributed by atoms with Crippen LogP contribution >= 0.6 is 27.3 Å². The van der Waals surface area contributed by atoms with Gasteiger partial charge in [-0.05, 0) is 34.3 Å². The normalized spacial score (nSPS) is 11.2. The van der Waals surface area contributed by atoms with Crippen molar-refractivity contribution in [2.24, 2.45) is 11.7 Å². The van der Waals surface area contributed by atoms with Gasteiger partial charge in [0.25, 0.3) is 0 Å². The minimum Gasteiger partial charge on any atom is -0.326 e. The second kappa shape index (κ2) is 5.91. The van der Waals surface area contributed by atoms with Gasteiger partial charge in [0, 0.05) is 33.9 Å². The fraction of sp³-hybridized carbons (Fsp3) is 0.385. The lowest BCUT2D eigenvalue weighted by atomic mass is 10.1. The summed E-state index contributed by atoms with van der Waals surface area (Å²) in [6, 6.07) is 2.03. The maximum absolute atomic E-state index is 5.79. The van der Waals surface area contributed by atoms with E-state index >= 15 is 0 Å². The van der Waals surface area contributed by atoms with Gasteiger partial charge in [0.15, 0.2) is 0 Å². The molecule has 0 saturated heterocycles. The molecule has 0 bridgehead atoms. The first-order chi connectivity index (χ1) is 8.60. The van der Waals surface area contributed by atoms with Crippen molar-refractivity contribution >= 4 is 27.3 Å². The summed E-state index contributed by atoms with van der Waals surface area (Å²) >= 11 is 5.10. The molecule has 2 N–H and O–H groups in total. The van der Waals surface area contributed by atoms with Gasteiger partial charge in [-0.15, -0.1) is 11.3 Å². The number of thiazole rings is 1. The monoisotopic (exact) mass is 325 g/mol. The highest BCUT2D eigenvalue weighted by molar-refractivity contribution is 9.10. The van der Waals surface area contributed by atoms with Crippen molar-refractivity contribution in [3.63, 3.8) is 0 Å². The van der Waals surface area contributed by atoms with Crippen molar-refractivity contribution in [2.75, 3.05) is 0 Å².